The number of hydrogen-bond donors (Lipinski definition) is 2. The molecule has 0 saturated heterocycles. The van der Waals surface area contributed by atoms with Gasteiger partial charge in [0.25, 0.3) is 0 Å². The quantitative estimate of drug-likeness (QED) is 0.823. The van der Waals surface area contributed by atoms with E-state index in [0.29, 0.717) is 11.3 Å². The first-order valence-corrected chi connectivity index (χ1v) is 6.24. The third kappa shape index (κ3) is 3.54. The van der Waals surface area contributed by atoms with Gasteiger partial charge in [-0.3, -0.25) is 4.79 Å². The van der Waals surface area contributed by atoms with Gasteiger partial charge in [0.05, 0.1) is 6.10 Å². The SMILES string of the molecule is CC(O)C(C)SCc1ccccc1C(N)=O. The Hall–Kier alpha value is -1.00. The number of nitrogens with two attached hydrogens (primary N) is 1. The number of aliphatic hydroxyl groups excluding tert-OH is 1. The molecule has 1 rings (SSSR count). The summed E-state index contributed by atoms with van der Waals surface area (Å²) in [4.78, 5) is 11.2. The van der Waals surface area contributed by atoms with Gasteiger partial charge in [-0.15, -0.1) is 0 Å². The van der Waals surface area contributed by atoms with Gasteiger partial charge in [0, 0.05) is 16.6 Å². The maximum Gasteiger partial charge on any atom is 0.249 e. The van der Waals surface area contributed by atoms with Crippen molar-refractivity contribution in [3.63, 3.8) is 0 Å². The molecule has 0 bridgehead atoms. The first kappa shape index (κ1) is 13.1. The first-order valence-electron chi connectivity index (χ1n) is 5.19. The van der Waals surface area contributed by atoms with Gasteiger partial charge in [-0.25, -0.2) is 0 Å². The van der Waals surface area contributed by atoms with E-state index in [1.54, 1.807) is 30.8 Å². The van der Waals surface area contributed by atoms with Gasteiger partial charge >= 0.3 is 0 Å². The van der Waals surface area contributed by atoms with E-state index in [1.807, 2.05) is 19.1 Å². The van der Waals surface area contributed by atoms with E-state index >= 15 is 0 Å². The summed E-state index contributed by atoms with van der Waals surface area (Å²) < 4.78 is 0. The van der Waals surface area contributed by atoms with Gasteiger partial charge in [-0.05, 0) is 18.6 Å². The summed E-state index contributed by atoms with van der Waals surface area (Å²) in [5.74, 6) is 0.284. The van der Waals surface area contributed by atoms with Crippen LogP contribution in [0.3, 0.4) is 0 Å². The molecule has 88 valence electrons. The van der Waals surface area contributed by atoms with Crippen LogP contribution in [-0.4, -0.2) is 22.4 Å². The highest BCUT2D eigenvalue weighted by Gasteiger charge is 2.12. The van der Waals surface area contributed by atoms with E-state index in [1.165, 1.54) is 0 Å². The predicted octanol–water partition coefficient (Wildman–Crippen LogP) is 1.79. The number of hydrogen-bond acceptors (Lipinski definition) is 3. The predicted molar refractivity (Wildman–Crippen MR) is 67.4 cm³/mol. The number of carbonyl (C=O) groups excluding carboxylic acids is 1. The average molecular weight is 239 g/mol. The normalized spacial score (nSPS) is 14.4. The molecular weight excluding hydrogens is 222 g/mol. The Morgan fingerprint density at radius 3 is 2.62 bits per heavy atom. The molecule has 0 spiro atoms. The minimum Gasteiger partial charge on any atom is -0.392 e. The Bertz CT molecular complexity index is 366. The Labute approximate surface area is 100 Å². The molecule has 0 heterocycles. The van der Waals surface area contributed by atoms with Gasteiger partial charge in [0.15, 0.2) is 0 Å². The fraction of sp³-hybridized carbons (Fsp3) is 0.417. The fourth-order valence-electron chi connectivity index (χ4n) is 1.25. The van der Waals surface area contributed by atoms with Crippen molar-refractivity contribution in [3.05, 3.63) is 35.4 Å². The van der Waals surface area contributed by atoms with Crippen molar-refractivity contribution in [1.82, 2.24) is 0 Å². The van der Waals surface area contributed by atoms with E-state index in [0.717, 1.165) is 5.56 Å². The number of rotatable bonds is 5. The smallest absolute Gasteiger partial charge is 0.249 e. The molecule has 1 aromatic rings. The Morgan fingerprint density at radius 1 is 1.44 bits per heavy atom. The lowest BCUT2D eigenvalue weighted by molar-refractivity contribution is 0.0999. The van der Waals surface area contributed by atoms with Crippen LogP contribution in [0, 0.1) is 0 Å². The zero-order valence-corrected chi connectivity index (χ0v) is 10.3. The number of benzene rings is 1. The van der Waals surface area contributed by atoms with Crippen molar-refractivity contribution in [2.24, 2.45) is 5.73 Å². The average Bonchev–Trinajstić information content (AvgIpc) is 2.25. The van der Waals surface area contributed by atoms with Crippen LogP contribution < -0.4 is 5.73 Å². The van der Waals surface area contributed by atoms with Gasteiger partial charge in [-0.2, -0.15) is 11.8 Å². The molecule has 0 radical (unpaired) electrons. The monoisotopic (exact) mass is 239 g/mol. The number of aliphatic hydroxyl groups is 1. The lowest BCUT2D eigenvalue weighted by atomic mass is 10.1. The molecule has 2 atom stereocenters. The number of primary amides is 1. The van der Waals surface area contributed by atoms with Crippen LogP contribution >= 0.6 is 11.8 Å². The van der Waals surface area contributed by atoms with Gasteiger partial charge in [-0.1, -0.05) is 25.1 Å². The summed E-state index contributed by atoms with van der Waals surface area (Å²) >= 11 is 1.61. The highest BCUT2D eigenvalue weighted by atomic mass is 32.2. The summed E-state index contributed by atoms with van der Waals surface area (Å²) in [6.45, 7) is 3.72. The van der Waals surface area contributed by atoms with Crippen molar-refractivity contribution >= 4 is 17.7 Å². The van der Waals surface area contributed by atoms with E-state index in [4.69, 9.17) is 5.73 Å². The molecule has 0 aliphatic carbocycles. The maximum atomic E-state index is 11.2. The molecule has 3 nitrogen and oxygen atoms in total. The van der Waals surface area contributed by atoms with Crippen LogP contribution in [0.1, 0.15) is 29.8 Å². The minimum absolute atomic E-state index is 0.140. The van der Waals surface area contributed by atoms with Crippen molar-refractivity contribution in [2.45, 2.75) is 31.0 Å². The van der Waals surface area contributed by atoms with E-state index in [-0.39, 0.29) is 11.4 Å². The molecule has 16 heavy (non-hydrogen) atoms. The third-order valence-electron chi connectivity index (χ3n) is 2.46. The minimum atomic E-state index is -0.402. The topological polar surface area (TPSA) is 63.3 Å². The second kappa shape index (κ2) is 5.92. The van der Waals surface area contributed by atoms with E-state index in [2.05, 4.69) is 0 Å². The van der Waals surface area contributed by atoms with Crippen LogP contribution in [0.25, 0.3) is 0 Å². The standard InChI is InChI=1S/C12H17NO2S/c1-8(14)9(2)16-7-10-5-3-4-6-11(10)12(13)15/h3-6,8-9,14H,7H2,1-2H3,(H2,13,15). The summed E-state index contributed by atoms with van der Waals surface area (Å²) in [7, 11) is 0. The largest absolute Gasteiger partial charge is 0.392 e. The van der Waals surface area contributed by atoms with Crippen LogP contribution in [0.2, 0.25) is 0 Å². The third-order valence-corrected chi connectivity index (χ3v) is 3.86. The lowest BCUT2D eigenvalue weighted by Crippen LogP contribution is -2.17. The van der Waals surface area contributed by atoms with E-state index < -0.39 is 5.91 Å². The number of amides is 1. The molecule has 0 aliphatic rings. The molecule has 4 heteroatoms. The molecule has 0 aromatic heterocycles. The molecule has 1 aromatic carbocycles. The number of carbonyl (C=O) groups is 1. The second-order valence-corrected chi connectivity index (χ2v) is 5.14. The van der Waals surface area contributed by atoms with Crippen molar-refractivity contribution < 1.29 is 9.90 Å². The van der Waals surface area contributed by atoms with E-state index in [9.17, 15) is 9.90 Å². The molecule has 1 amide bonds. The Morgan fingerprint density at radius 2 is 2.06 bits per heavy atom. The Balaban J connectivity index is 2.70. The highest BCUT2D eigenvalue weighted by Crippen LogP contribution is 2.22. The summed E-state index contributed by atoms with van der Waals surface area (Å²) in [5, 5.41) is 9.50. The zero-order chi connectivity index (χ0) is 12.1. The van der Waals surface area contributed by atoms with Gasteiger partial charge in [0.2, 0.25) is 5.91 Å². The molecule has 3 N–H and O–H groups in total. The fourth-order valence-corrected chi connectivity index (χ4v) is 2.22. The van der Waals surface area contributed by atoms with Crippen LogP contribution in [0.15, 0.2) is 24.3 Å². The van der Waals surface area contributed by atoms with Crippen molar-refractivity contribution in [2.75, 3.05) is 0 Å². The maximum absolute atomic E-state index is 11.2. The molecule has 0 aliphatic heterocycles. The molecule has 0 saturated carbocycles. The number of thioether (sulfide) groups is 1. The van der Waals surface area contributed by atoms with Gasteiger partial charge in [0.1, 0.15) is 0 Å². The molecule has 0 fully saturated rings. The van der Waals surface area contributed by atoms with Crippen LogP contribution in [0.5, 0.6) is 0 Å². The van der Waals surface area contributed by atoms with Crippen LogP contribution in [0.4, 0.5) is 0 Å². The summed E-state index contributed by atoms with van der Waals surface area (Å²) in [6.07, 6.45) is -0.356. The highest BCUT2D eigenvalue weighted by molar-refractivity contribution is 7.99. The first-order chi connectivity index (χ1) is 7.52. The Kier molecular flexibility index (Phi) is 4.83. The molecular formula is C12H17NO2S. The van der Waals surface area contributed by atoms with Crippen LogP contribution in [-0.2, 0) is 5.75 Å². The summed E-state index contributed by atoms with van der Waals surface area (Å²) in [5.41, 5.74) is 6.77. The summed E-state index contributed by atoms with van der Waals surface area (Å²) in [6, 6.07) is 7.30. The second-order valence-electron chi connectivity index (χ2n) is 3.78. The molecule has 2 unspecified atom stereocenters. The van der Waals surface area contributed by atoms with Crippen molar-refractivity contribution in [3.8, 4) is 0 Å². The van der Waals surface area contributed by atoms with Crippen molar-refractivity contribution in [1.29, 1.82) is 0 Å². The zero-order valence-electron chi connectivity index (χ0n) is 9.51. The lowest BCUT2D eigenvalue weighted by Gasteiger charge is -2.14. The van der Waals surface area contributed by atoms with Gasteiger partial charge < -0.3 is 10.8 Å².